The van der Waals surface area contributed by atoms with Crippen LogP contribution in [0.15, 0.2) is 18.0 Å². The van der Waals surface area contributed by atoms with Crippen LogP contribution in [0.25, 0.3) is 0 Å². The Morgan fingerprint density at radius 3 is 2.54 bits per heavy atom. The van der Waals surface area contributed by atoms with Crippen molar-refractivity contribution in [2.24, 2.45) is 0 Å². The van der Waals surface area contributed by atoms with E-state index in [2.05, 4.69) is 10.3 Å². The molecular formula is C19H20N2O3. The highest BCUT2D eigenvalue weighted by Crippen LogP contribution is 2.30. The van der Waals surface area contributed by atoms with Gasteiger partial charge in [0.1, 0.15) is 0 Å². The summed E-state index contributed by atoms with van der Waals surface area (Å²) in [5, 5.41) is 3.25. The molecule has 0 unspecified atom stereocenters. The van der Waals surface area contributed by atoms with Gasteiger partial charge in [0.2, 0.25) is 5.78 Å². The number of ketones is 3. The van der Waals surface area contributed by atoms with Gasteiger partial charge in [-0.2, -0.15) is 0 Å². The molecule has 1 N–H and O–H groups in total. The number of hydrogen-bond acceptors (Lipinski definition) is 5. The number of aromatic nitrogens is 1. The van der Waals surface area contributed by atoms with Gasteiger partial charge in [-0.3, -0.25) is 19.4 Å². The van der Waals surface area contributed by atoms with Crippen LogP contribution >= 0.6 is 0 Å². The van der Waals surface area contributed by atoms with Crippen molar-refractivity contribution in [1.82, 2.24) is 10.3 Å². The van der Waals surface area contributed by atoms with Gasteiger partial charge < -0.3 is 5.32 Å². The van der Waals surface area contributed by atoms with Crippen LogP contribution in [0.5, 0.6) is 0 Å². The van der Waals surface area contributed by atoms with Crippen molar-refractivity contribution in [3.8, 4) is 0 Å². The average molecular weight is 324 g/mol. The first-order valence-electron chi connectivity index (χ1n) is 8.77. The maximum absolute atomic E-state index is 12.8. The Morgan fingerprint density at radius 1 is 0.958 bits per heavy atom. The van der Waals surface area contributed by atoms with Crippen LogP contribution in [0.4, 0.5) is 0 Å². The minimum absolute atomic E-state index is 0.0705. The molecule has 0 atom stereocenters. The first-order valence-corrected chi connectivity index (χ1v) is 8.77. The lowest BCUT2D eigenvalue weighted by atomic mass is 9.83. The maximum atomic E-state index is 12.8. The van der Waals surface area contributed by atoms with Gasteiger partial charge in [-0.1, -0.05) is 19.3 Å². The number of nitrogens with one attached hydrogen (secondary N) is 1. The molecule has 3 aliphatic rings. The third kappa shape index (κ3) is 2.48. The smallest absolute Gasteiger partial charge is 0.211 e. The van der Waals surface area contributed by atoms with Crippen LogP contribution in [0.3, 0.4) is 0 Å². The quantitative estimate of drug-likeness (QED) is 0.905. The number of nitrogens with zero attached hydrogens (tertiary/aromatic N) is 1. The van der Waals surface area contributed by atoms with Crippen molar-refractivity contribution >= 4 is 17.3 Å². The Hall–Kier alpha value is -2.30. The fraction of sp³-hybridized carbons (Fsp3) is 0.474. The summed E-state index contributed by atoms with van der Waals surface area (Å²) >= 11 is 0. The summed E-state index contributed by atoms with van der Waals surface area (Å²) in [7, 11) is 0. The van der Waals surface area contributed by atoms with Gasteiger partial charge in [0.05, 0.1) is 22.5 Å². The molecule has 3 aliphatic carbocycles. The minimum atomic E-state index is -0.253. The number of fused-ring (bicyclic) bond motifs is 3. The number of pyridine rings is 1. The molecule has 1 aromatic heterocycles. The Kier molecular flexibility index (Phi) is 3.79. The highest BCUT2D eigenvalue weighted by atomic mass is 16.1. The van der Waals surface area contributed by atoms with Crippen LogP contribution in [-0.4, -0.2) is 28.4 Å². The summed E-state index contributed by atoms with van der Waals surface area (Å²) in [5.74, 6) is -0.542. The van der Waals surface area contributed by atoms with E-state index >= 15 is 0 Å². The number of Topliss-reactive ketones (excluding diaryl/α,β-unsaturated/α-hetero) is 2. The normalized spacial score (nSPS) is 21.2. The van der Waals surface area contributed by atoms with E-state index in [1.165, 1.54) is 18.7 Å². The van der Waals surface area contributed by atoms with E-state index in [1.807, 2.05) is 0 Å². The first-order chi connectivity index (χ1) is 11.6. The van der Waals surface area contributed by atoms with E-state index in [9.17, 15) is 14.4 Å². The fourth-order valence-corrected chi connectivity index (χ4v) is 4.00. The molecule has 24 heavy (non-hydrogen) atoms. The van der Waals surface area contributed by atoms with Gasteiger partial charge in [-0.05, 0) is 25.7 Å². The molecule has 0 aliphatic heterocycles. The summed E-state index contributed by atoms with van der Waals surface area (Å²) in [6, 6.07) is 0.246. The van der Waals surface area contributed by atoms with Crippen LogP contribution in [0.1, 0.15) is 81.7 Å². The van der Waals surface area contributed by atoms with E-state index in [0.717, 1.165) is 32.1 Å². The van der Waals surface area contributed by atoms with Gasteiger partial charge in [-0.25, -0.2) is 0 Å². The Balaban J connectivity index is 1.70. The molecule has 0 saturated heterocycles. The topological polar surface area (TPSA) is 76.1 Å². The number of rotatable bonds is 2. The van der Waals surface area contributed by atoms with E-state index in [-0.39, 0.29) is 34.5 Å². The monoisotopic (exact) mass is 324 g/mol. The second-order valence-electron chi connectivity index (χ2n) is 6.88. The van der Waals surface area contributed by atoms with Gasteiger partial charge in [0.25, 0.3) is 0 Å². The predicted molar refractivity (Wildman–Crippen MR) is 88.3 cm³/mol. The zero-order valence-corrected chi connectivity index (χ0v) is 13.6. The molecule has 4 rings (SSSR count). The summed E-state index contributed by atoms with van der Waals surface area (Å²) < 4.78 is 0. The third-order valence-electron chi connectivity index (χ3n) is 5.23. The molecule has 124 valence electrons. The fourth-order valence-electron chi connectivity index (χ4n) is 4.00. The standard InChI is InChI=1S/C19H20N2O3/c22-15-8-4-7-13-18(15)17-12(10-20-13)19(24)14(9-16(17)23)21-11-5-2-1-3-6-11/h9-11,21H,1-8H2. The highest BCUT2D eigenvalue weighted by Gasteiger charge is 2.34. The van der Waals surface area contributed by atoms with Gasteiger partial charge in [0, 0.05) is 30.3 Å². The lowest BCUT2D eigenvalue weighted by Crippen LogP contribution is -2.36. The molecule has 0 aromatic carbocycles. The molecule has 0 amide bonds. The third-order valence-corrected chi connectivity index (χ3v) is 5.23. The van der Waals surface area contributed by atoms with Crippen molar-refractivity contribution in [1.29, 1.82) is 0 Å². The van der Waals surface area contributed by atoms with Crippen LogP contribution in [0.2, 0.25) is 0 Å². The van der Waals surface area contributed by atoms with Crippen molar-refractivity contribution in [3.63, 3.8) is 0 Å². The number of carbonyl (C=O) groups is 3. The van der Waals surface area contributed by atoms with Crippen molar-refractivity contribution in [2.75, 3.05) is 0 Å². The van der Waals surface area contributed by atoms with E-state index in [1.54, 1.807) is 0 Å². The van der Waals surface area contributed by atoms with Crippen molar-refractivity contribution in [2.45, 2.75) is 57.4 Å². The summed E-state index contributed by atoms with van der Waals surface area (Å²) in [6.07, 6.45) is 10.3. The van der Waals surface area contributed by atoms with Crippen molar-refractivity contribution in [3.05, 3.63) is 40.4 Å². The largest absolute Gasteiger partial charge is 0.379 e. The maximum Gasteiger partial charge on any atom is 0.211 e. The average Bonchev–Trinajstić information content (AvgIpc) is 2.60. The molecule has 5 heteroatoms. The lowest BCUT2D eigenvalue weighted by Gasteiger charge is -2.27. The minimum Gasteiger partial charge on any atom is -0.379 e. The highest BCUT2D eigenvalue weighted by molar-refractivity contribution is 6.27. The molecule has 0 radical (unpaired) electrons. The number of aryl methyl sites for hydroxylation is 1. The van der Waals surface area contributed by atoms with Crippen LogP contribution < -0.4 is 5.32 Å². The lowest BCUT2D eigenvalue weighted by molar-refractivity contribution is 0.0948. The first kappa shape index (κ1) is 15.2. The van der Waals surface area contributed by atoms with E-state index < -0.39 is 0 Å². The van der Waals surface area contributed by atoms with E-state index in [4.69, 9.17) is 0 Å². The second-order valence-corrected chi connectivity index (χ2v) is 6.88. The molecule has 1 heterocycles. The summed E-state index contributed by atoms with van der Waals surface area (Å²) in [5.41, 5.74) is 1.93. The summed E-state index contributed by atoms with van der Waals surface area (Å²) in [6.45, 7) is 0. The number of allylic oxidation sites excluding steroid dienone is 2. The van der Waals surface area contributed by atoms with Crippen molar-refractivity contribution < 1.29 is 14.4 Å². The molecule has 5 nitrogen and oxygen atoms in total. The molecular weight excluding hydrogens is 304 g/mol. The molecule has 0 bridgehead atoms. The Bertz CT molecular complexity index is 773. The van der Waals surface area contributed by atoms with E-state index in [0.29, 0.717) is 29.8 Å². The molecule has 0 spiro atoms. The molecule has 1 aromatic rings. The van der Waals surface area contributed by atoms with Crippen LogP contribution in [-0.2, 0) is 6.42 Å². The summed E-state index contributed by atoms with van der Waals surface area (Å²) in [4.78, 5) is 42.0. The van der Waals surface area contributed by atoms with Gasteiger partial charge >= 0.3 is 0 Å². The molecule has 1 saturated carbocycles. The van der Waals surface area contributed by atoms with Gasteiger partial charge in [0.15, 0.2) is 11.6 Å². The SMILES string of the molecule is O=C1C(NC2CCCCC2)=CC(=O)c2c1cnc1c2C(=O)CCC1. The van der Waals surface area contributed by atoms with Crippen LogP contribution in [0, 0.1) is 0 Å². The second kappa shape index (κ2) is 5.96. The molecule has 1 fully saturated rings. The zero-order chi connectivity index (χ0) is 16.7. The Labute approximate surface area is 140 Å². The zero-order valence-electron chi connectivity index (χ0n) is 13.6. The number of hydrogen-bond donors (Lipinski definition) is 1. The van der Waals surface area contributed by atoms with Gasteiger partial charge in [-0.15, -0.1) is 0 Å². The Morgan fingerprint density at radius 2 is 1.75 bits per heavy atom. The predicted octanol–water partition coefficient (Wildman–Crippen LogP) is 2.79. The number of carbonyl (C=O) groups excluding carboxylic acids is 3.